The summed E-state index contributed by atoms with van der Waals surface area (Å²) < 4.78 is 0. The van der Waals surface area contributed by atoms with E-state index in [0.29, 0.717) is 6.04 Å². The van der Waals surface area contributed by atoms with E-state index in [9.17, 15) is 0 Å². The lowest BCUT2D eigenvalue weighted by molar-refractivity contribution is 0.444. The fourth-order valence-electron chi connectivity index (χ4n) is 3.22. The number of nitrogens with one attached hydrogen (secondary N) is 1. The van der Waals surface area contributed by atoms with Crippen molar-refractivity contribution in [3.63, 3.8) is 0 Å². The van der Waals surface area contributed by atoms with Crippen molar-refractivity contribution in [2.75, 3.05) is 5.32 Å². The van der Waals surface area contributed by atoms with Crippen LogP contribution in [0, 0.1) is 5.92 Å². The Morgan fingerprint density at radius 2 is 1.90 bits per heavy atom. The van der Waals surface area contributed by atoms with Gasteiger partial charge in [-0.2, -0.15) is 0 Å². The highest BCUT2D eigenvalue weighted by Gasteiger charge is 2.17. The molecule has 1 heterocycles. The Bertz CT molecular complexity index is 567. The van der Waals surface area contributed by atoms with Crippen LogP contribution in [0.25, 0.3) is 11.0 Å². The molecule has 3 nitrogen and oxygen atoms in total. The van der Waals surface area contributed by atoms with E-state index >= 15 is 0 Å². The zero-order chi connectivity index (χ0) is 13.8. The second-order valence-electron chi connectivity index (χ2n) is 5.88. The SMILES string of the molecule is CCC1CCCC(Nc2ccc3nccnc3c2)CC1. The molecule has 1 aliphatic carbocycles. The van der Waals surface area contributed by atoms with Crippen LogP contribution in [0.5, 0.6) is 0 Å². The van der Waals surface area contributed by atoms with E-state index in [1.54, 1.807) is 12.4 Å². The summed E-state index contributed by atoms with van der Waals surface area (Å²) in [5, 5.41) is 3.69. The van der Waals surface area contributed by atoms with E-state index < -0.39 is 0 Å². The van der Waals surface area contributed by atoms with Crippen LogP contribution in [0.2, 0.25) is 0 Å². The van der Waals surface area contributed by atoms with Gasteiger partial charge in [-0.05, 0) is 43.4 Å². The molecule has 2 atom stereocenters. The molecule has 0 bridgehead atoms. The van der Waals surface area contributed by atoms with Crippen LogP contribution in [0.15, 0.2) is 30.6 Å². The van der Waals surface area contributed by atoms with Gasteiger partial charge in [0, 0.05) is 24.1 Å². The number of aromatic nitrogens is 2. The van der Waals surface area contributed by atoms with Gasteiger partial charge in [-0.15, -0.1) is 0 Å². The minimum absolute atomic E-state index is 0.612. The summed E-state index contributed by atoms with van der Waals surface area (Å²) in [6.07, 6.45) is 11.5. The van der Waals surface area contributed by atoms with Crippen molar-refractivity contribution < 1.29 is 0 Å². The molecule has 2 unspecified atom stereocenters. The summed E-state index contributed by atoms with van der Waals surface area (Å²) in [6.45, 7) is 2.32. The van der Waals surface area contributed by atoms with E-state index in [-0.39, 0.29) is 0 Å². The summed E-state index contributed by atoms with van der Waals surface area (Å²) in [6, 6.07) is 6.90. The second kappa shape index (κ2) is 6.21. The van der Waals surface area contributed by atoms with Gasteiger partial charge in [-0.3, -0.25) is 9.97 Å². The highest BCUT2D eigenvalue weighted by atomic mass is 14.9. The van der Waals surface area contributed by atoms with Crippen LogP contribution >= 0.6 is 0 Å². The van der Waals surface area contributed by atoms with Crippen LogP contribution in [-0.4, -0.2) is 16.0 Å². The van der Waals surface area contributed by atoms with Crippen molar-refractivity contribution in [2.24, 2.45) is 5.92 Å². The molecule has 1 aromatic heterocycles. The third-order valence-electron chi connectivity index (χ3n) is 4.51. The normalized spacial score (nSPS) is 23.4. The highest BCUT2D eigenvalue weighted by Crippen LogP contribution is 2.27. The molecule has 2 aromatic rings. The van der Waals surface area contributed by atoms with Crippen molar-refractivity contribution in [1.29, 1.82) is 0 Å². The number of hydrogen-bond donors (Lipinski definition) is 1. The summed E-state index contributed by atoms with van der Waals surface area (Å²) in [7, 11) is 0. The summed E-state index contributed by atoms with van der Waals surface area (Å²) >= 11 is 0. The van der Waals surface area contributed by atoms with Crippen molar-refractivity contribution in [2.45, 2.75) is 51.5 Å². The Labute approximate surface area is 120 Å². The maximum absolute atomic E-state index is 4.38. The molecule has 0 saturated heterocycles. The van der Waals surface area contributed by atoms with Crippen molar-refractivity contribution in [3.8, 4) is 0 Å². The fraction of sp³-hybridized carbons (Fsp3) is 0.529. The van der Waals surface area contributed by atoms with Crippen LogP contribution in [0.4, 0.5) is 5.69 Å². The van der Waals surface area contributed by atoms with Gasteiger partial charge in [0.1, 0.15) is 0 Å². The van der Waals surface area contributed by atoms with Crippen LogP contribution in [-0.2, 0) is 0 Å². The van der Waals surface area contributed by atoms with Gasteiger partial charge in [0.05, 0.1) is 11.0 Å². The number of anilines is 1. The minimum atomic E-state index is 0.612. The predicted molar refractivity (Wildman–Crippen MR) is 83.8 cm³/mol. The zero-order valence-corrected chi connectivity index (χ0v) is 12.2. The molecule has 3 rings (SSSR count). The highest BCUT2D eigenvalue weighted by molar-refractivity contribution is 5.78. The summed E-state index contributed by atoms with van der Waals surface area (Å²) in [5.74, 6) is 0.935. The standard InChI is InChI=1S/C17H23N3/c1-2-13-4-3-5-14(7-6-13)20-15-8-9-16-17(12-15)19-11-10-18-16/h8-14,20H,2-7H2,1H3. The average molecular weight is 269 g/mol. The Balaban J connectivity index is 1.69. The maximum Gasteiger partial charge on any atom is 0.0907 e. The molecule has 1 aromatic carbocycles. The lowest BCUT2D eigenvalue weighted by Crippen LogP contribution is -2.18. The molecule has 1 N–H and O–H groups in total. The second-order valence-corrected chi connectivity index (χ2v) is 5.88. The maximum atomic E-state index is 4.38. The van der Waals surface area contributed by atoms with Crippen molar-refractivity contribution in [3.05, 3.63) is 30.6 Å². The lowest BCUT2D eigenvalue weighted by atomic mass is 9.98. The first-order chi connectivity index (χ1) is 9.85. The van der Waals surface area contributed by atoms with E-state index in [4.69, 9.17) is 0 Å². The monoisotopic (exact) mass is 269 g/mol. The van der Waals surface area contributed by atoms with Gasteiger partial charge >= 0.3 is 0 Å². The molecule has 1 saturated carbocycles. The van der Waals surface area contributed by atoms with Gasteiger partial charge in [-0.1, -0.05) is 26.2 Å². The first-order valence-electron chi connectivity index (χ1n) is 7.82. The van der Waals surface area contributed by atoms with E-state index in [1.165, 1.54) is 44.2 Å². The predicted octanol–water partition coefficient (Wildman–Crippen LogP) is 4.40. The number of fused-ring (bicyclic) bond motifs is 1. The minimum Gasteiger partial charge on any atom is -0.382 e. The molecule has 1 fully saturated rings. The Morgan fingerprint density at radius 3 is 2.75 bits per heavy atom. The fourth-order valence-corrected chi connectivity index (χ4v) is 3.22. The third-order valence-corrected chi connectivity index (χ3v) is 4.51. The molecular weight excluding hydrogens is 246 g/mol. The Kier molecular flexibility index (Phi) is 4.14. The first-order valence-corrected chi connectivity index (χ1v) is 7.82. The van der Waals surface area contributed by atoms with Crippen molar-refractivity contribution >= 4 is 16.7 Å². The van der Waals surface area contributed by atoms with E-state index in [1.807, 2.05) is 0 Å². The Hall–Kier alpha value is -1.64. The largest absolute Gasteiger partial charge is 0.382 e. The molecule has 0 radical (unpaired) electrons. The lowest BCUT2D eigenvalue weighted by Gasteiger charge is -2.18. The van der Waals surface area contributed by atoms with Gasteiger partial charge in [0.15, 0.2) is 0 Å². The van der Waals surface area contributed by atoms with Crippen LogP contribution < -0.4 is 5.32 Å². The third kappa shape index (κ3) is 3.09. The van der Waals surface area contributed by atoms with Crippen LogP contribution in [0.1, 0.15) is 45.4 Å². The molecule has 3 heteroatoms. The summed E-state index contributed by atoms with van der Waals surface area (Å²) in [4.78, 5) is 8.69. The number of rotatable bonds is 3. The zero-order valence-electron chi connectivity index (χ0n) is 12.2. The quantitative estimate of drug-likeness (QED) is 0.839. The molecule has 1 aliphatic rings. The smallest absolute Gasteiger partial charge is 0.0907 e. The average Bonchev–Trinajstić information content (AvgIpc) is 2.72. The number of hydrogen-bond acceptors (Lipinski definition) is 3. The molecule has 106 valence electrons. The van der Waals surface area contributed by atoms with Gasteiger partial charge < -0.3 is 5.32 Å². The molecule has 20 heavy (non-hydrogen) atoms. The van der Waals surface area contributed by atoms with E-state index in [0.717, 1.165) is 17.0 Å². The first kappa shape index (κ1) is 13.3. The van der Waals surface area contributed by atoms with Gasteiger partial charge in [-0.25, -0.2) is 0 Å². The molecular formula is C17H23N3. The van der Waals surface area contributed by atoms with Gasteiger partial charge in [0.25, 0.3) is 0 Å². The number of nitrogens with zero attached hydrogens (tertiary/aromatic N) is 2. The molecule has 0 spiro atoms. The molecule has 0 amide bonds. The summed E-state index contributed by atoms with van der Waals surface area (Å²) in [5.41, 5.74) is 3.11. The topological polar surface area (TPSA) is 37.8 Å². The van der Waals surface area contributed by atoms with Gasteiger partial charge in [0.2, 0.25) is 0 Å². The molecule has 0 aliphatic heterocycles. The van der Waals surface area contributed by atoms with E-state index in [2.05, 4.69) is 40.4 Å². The van der Waals surface area contributed by atoms with Crippen LogP contribution in [0.3, 0.4) is 0 Å². The number of benzene rings is 1. The Morgan fingerprint density at radius 1 is 1.05 bits per heavy atom. The van der Waals surface area contributed by atoms with Crippen molar-refractivity contribution in [1.82, 2.24) is 9.97 Å².